The van der Waals surface area contributed by atoms with Crippen molar-refractivity contribution < 1.29 is 4.74 Å². The normalized spacial score (nSPS) is 18.9. The molecule has 0 amide bonds. The molecule has 0 bridgehead atoms. The van der Waals surface area contributed by atoms with Crippen molar-refractivity contribution in [2.45, 2.75) is 32.4 Å². The van der Waals surface area contributed by atoms with E-state index in [2.05, 4.69) is 30.2 Å². The van der Waals surface area contributed by atoms with Crippen molar-refractivity contribution in [1.29, 1.82) is 0 Å². The second-order valence-electron chi connectivity index (χ2n) is 5.70. The summed E-state index contributed by atoms with van der Waals surface area (Å²) in [7, 11) is 0. The van der Waals surface area contributed by atoms with E-state index in [-0.39, 0.29) is 6.23 Å². The topological polar surface area (TPSA) is 66.0 Å². The summed E-state index contributed by atoms with van der Waals surface area (Å²) in [6.07, 6.45) is 5.53. The van der Waals surface area contributed by atoms with Crippen LogP contribution < -0.4 is 5.73 Å². The second kappa shape index (κ2) is 5.37. The maximum atomic E-state index is 5.82. The largest absolute Gasteiger partial charge is 0.375 e. The van der Waals surface area contributed by atoms with Gasteiger partial charge in [0, 0.05) is 18.4 Å². The van der Waals surface area contributed by atoms with Crippen LogP contribution in [0.3, 0.4) is 0 Å². The fraction of sp³-hybridized carbons (Fsp3) is 0.375. The number of hydrogen-bond acceptors (Lipinski definition) is 5. The Kier molecular flexibility index (Phi) is 3.35. The van der Waals surface area contributed by atoms with Crippen molar-refractivity contribution in [3.8, 4) is 11.3 Å². The van der Waals surface area contributed by atoms with Crippen LogP contribution in [-0.4, -0.2) is 21.4 Å². The molecule has 4 rings (SSSR count). The quantitative estimate of drug-likeness (QED) is 0.782. The molecule has 22 heavy (non-hydrogen) atoms. The van der Waals surface area contributed by atoms with Gasteiger partial charge in [-0.3, -0.25) is 0 Å². The van der Waals surface area contributed by atoms with Gasteiger partial charge < -0.3 is 10.5 Å². The van der Waals surface area contributed by atoms with Crippen molar-refractivity contribution in [2.24, 2.45) is 0 Å². The minimum absolute atomic E-state index is 0.0731. The van der Waals surface area contributed by atoms with Crippen molar-refractivity contribution in [3.05, 3.63) is 30.0 Å². The van der Waals surface area contributed by atoms with Crippen LogP contribution in [0, 0.1) is 6.92 Å². The molecule has 1 atom stereocenters. The lowest BCUT2D eigenvalue weighted by Gasteiger charge is -2.22. The summed E-state index contributed by atoms with van der Waals surface area (Å²) in [5.74, 6) is 0. The van der Waals surface area contributed by atoms with Crippen molar-refractivity contribution in [1.82, 2.24) is 14.8 Å². The Labute approximate surface area is 132 Å². The molecular weight excluding hydrogens is 296 g/mol. The monoisotopic (exact) mass is 314 g/mol. The molecule has 3 heterocycles. The third-order valence-corrected chi connectivity index (χ3v) is 4.89. The molecule has 0 aliphatic carbocycles. The lowest BCUT2D eigenvalue weighted by Crippen LogP contribution is -2.18. The van der Waals surface area contributed by atoms with E-state index in [9.17, 15) is 0 Å². The van der Waals surface area contributed by atoms with Crippen LogP contribution in [0.1, 0.15) is 31.1 Å². The van der Waals surface area contributed by atoms with Crippen molar-refractivity contribution in [2.75, 3.05) is 12.3 Å². The van der Waals surface area contributed by atoms with Gasteiger partial charge in [-0.1, -0.05) is 17.4 Å². The lowest BCUT2D eigenvalue weighted by atomic mass is 10.1. The van der Waals surface area contributed by atoms with Crippen LogP contribution in [0.25, 0.3) is 21.5 Å². The molecule has 6 heteroatoms. The molecular formula is C16H18N4OS. The third-order valence-electron chi connectivity index (χ3n) is 4.04. The van der Waals surface area contributed by atoms with Gasteiger partial charge in [-0.05, 0) is 43.9 Å². The van der Waals surface area contributed by atoms with E-state index >= 15 is 0 Å². The Morgan fingerprint density at radius 3 is 3.09 bits per heavy atom. The van der Waals surface area contributed by atoms with E-state index in [0.717, 1.165) is 46.5 Å². The van der Waals surface area contributed by atoms with Gasteiger partial charge in [0.05, 0.1) is 15.9 Å². The predicted octanol–water partition coefficient (Wildman–Crippen LogP) is 3.75. The van der Waals surface area contributed by atoms with Crippen LogP contribution in [0.2, 0.25) is 0 Å². The van der Waals surface area contributed by atoms with Crippen LogP contribution >= 0.6 is 11.3 Å². The van der Waals surface area contributed by atoms with Gasteiger partial charge in [0.1, 0.15) is 6.23 Å². The number of nitrogens with zero attached hydrogens (tertiary/aromatic N) is 3. The Hall–Kier alpha value is -1.92. The van der Waals surface area contributed by atoms with Crippen LogP contribution in [0.15, 0.2) is 24.4 Å². The average Bonchev–Trinajstić information content (AvgIpc) is 3.09. The van der Waals surface area contributed by atoms with E-state index in [1.54, 1.807) is 0 Å². The minimum atomic E-state index is 0.0731. The molecule has 2 aromatic heterocycles. The maximum absolute atomic E-state index is 5.82. The molecule has 1 unspecified atom stereocenters. The number of anilines is 1. The number of nitrogens with two attached hydrogens (primary N) is 1. The standard InChI is InChI=1S/C16H18N4OS/c1-10-9-20(14-4-2-3-7-21-14)19-15(10)11-5-6-12-13(8-11)22-16(17)18-12/h5-6,8-9,14H,2-4,7H2,1H3,(H2,17,18). The number of aryl methyl sites for hydroxylation is 1. The Bertz CT molecular complexity index is 817. The van der Waals surface area contributed by atoms with Gasteiger partial charge in [0.15, 0.2) is 5.13 Å². The second-order valence-corrected chi connectivity index (χ2v) is 6.76. The molecule has 1 aromatic carbocycles. The van der Waals surface area contributed by atoms with E-state index in [4.69, 9.17) is 15.6 Å². The van der Waals surface area contributed by atoms with Crippen LogP contribution in [0.5, 0.6) is 0 Å². The van der Waals surface area contributed by atoms with Gasteiger partial charge in [0.25, 0.3) is 0 Å². The first-order valence-electron chi connectivity index (χ1n) is 7.54. The summed E-state index contributed by atoms with van der Waals surface area (Å²) in [4.78, 5) is 4.30. The number of aromatic nitrogens is 3. The molecule has 0 saturated carbocycles. The smallest absolute Gasteiger partial charge is 0.181 e. The highest BCUT2D eigenvalue weighted by Gasteiger charge is 2.18. The van der Waals surface area contributed by atoms with E-state index in [1.165, 1.54) is 17.8 Å². The highest BCUT2D eigenvalue weighted by atomic mass is 32.1. The van der Waals surface area contributed by atoms with Gasteiger partial charge in [-0.15, -0.1) is 0 Å². The van der Waals surface area contributed by atoms with Gasteiger partial charge in [0.2, 0.25) is 0 Å². The molecule has 0 radical (unpaired) electrons. The zero-order chi connectivity index (χ0) is 15.1. The molecule has 2 N–H and O–H groups in total. The van der Waals surface area contributed by atoms with Crippen LogP contribution in [0.4, 0.5) is 5.13 Å². The highest BCUT2D eigenvalue weighted by molar-refractivity contribution is 7.22. The molecule has 114 valence electrons. The zero-order valence-corrected chi connectivity index (χ0v) is 13.3. The zero-order valence-electron chi connectivity index (χ0n) is 12.5. The molecule has 5 nitrogen and oxygen atoms in total. The van der Waals surface area contributed by atoms with Gasteiger partial charge in [-0.2, -0.15) is 5.10 Å². The fourth-order valence-electron chi connectivity index (χ4n) is 2.94. The molecule has 1 aliphatic rings. The Balaban J connectivity index is 1.72. The minimum Gasteiger partial charge on any atom is -0.375 e. The van der Waals surface area contributed by atoms with Crippen molar-refractivity contribution in [3.63, 3.8) is 0 Å². The van der Waals surface area contributed by atoms with Gasteiger partial charge in [-0.25, -0.2) is 9.67 Å². The molecule has 1 aliphatic heterocycles. The number of benzene rings is 1. The number of hydrogen-bond donors (Lipinski definition) is 1. The lowest BCUT2D eigenvalue weighted by molar-refractivity contribution is -0.0393. The molecule has 3 aromatic rings. The number of ether oxygens (including phenoxy) is 1. The summed E-state index contributed by atoms with van der Waals surface area (Å²) >= 11 is 1.51. The summed E-state index contributed by atoms with van der Waals surface area (Å²) in [5.41, 5.74) is 9.99. The van der Waals surface area contributed by atoms with Crippen molar-refractivity contribution >= 4 is 26.7 Å². The summed E-state index contributed by atoms with van der Waals surface area (Å²) in [5, 5.41) is 5.36. The van der Waals surface area contributed by atoms with Crippen LogP contribution in [-0.2, 0) is 4.74 Å². The predicted molar refractivity (Wildman–Crippen MR) is 88.8 cm³/mol. The number of thiazole rings is 1. The first kappa shape index (κ1) is 13.7. The van der Waals surface area contributed by atoms with E-state index in [0.29, 0.717) is 5.13 Å². The first-order valence-corrected chi connectivity index (χ1v) is 8.36. The summed E-state index contributed by atoms with van der Waals surface area (Å²) in [6.45, 7) is 2.91. The summed E-state index contributed by atoms with van der Waals surface area (Å²) < 4.78 is 8.88. The molecule has 0 spiro atoms. The third kappa shape index (κ3) is 2.38. The Morgan fingerprint density at radius 1 is 1.36 bits per heavy atom. The number of nitrogen functional groups attached to an aromatic ring is 1. The summed E-state index contributed by atoms with van der Waals surface area (Å²) in [6, 6.07) is 6.18. The Morgan fingerprint density at radius 2 is 2.27 bits per heavy atom. The number of fused-ring (bicyclic) bond motifs is 1. The maximum Gasteiger partial charge on any atom is 0.181 e. The van der Waals surface area contributed by atoms with E-state index < -0.39 is 0 Å². The van der Waals surface area contributed by atoms with E-state index in [1.807, 2.05) is 10.7 Å². The molecule has 1 saturated heterocycles. The molecule has 1 fully saturated rings. The number of rotatable bonds is 2. The average molecular weight is 314 g/mol. The van der Waals surface area contributed by atoms with Gasteiger partial charge >= 0.3 is 0 Å². The SMILES string of the molecule is Cc1cn(C2CCCCO2)nc1-c1ccc2nc(N)sc2c1. The fourth-order valence-corrected chi connectivity index (χ4v) is 3.71. The highest BCUT2D eigenvalue weighted by Crippen LogP contribution is 2.31. The first-order chi connectivity index (χ1) is 10.7.